The summed E-state index contributed by atoms with van der Waals surface area (Å²) < 4.78 is 1.89. The van der Waals surface area contributed by atoms with E-state index < -0.39 is 0 Å². The molecule has 1 N–H and O–H groups in total. The van der Waals surface area contributed by atoms with Crippen molar-refractivity contribution in [2.75, 3.05) is 11.9 Å². The van der Waals surface area contributed by atoms with E-state index in [1.165, 1.54) is 18.4 Å². The number of nitrogens with zero attached hydrogens (tertiary/aromatic N) is 4. The lowest BCUT2D eigenvalue weighted by molar-refractivity contribution is 0.879. The molecule has 122 valence electrons. The first-order valence-corrected chi connectivity index (χ1v) is 8.53. The van der Waals surface area contributed by atoms with Crippen LogP contribution in [-0.4, -0.2) is 26.3 Å². The van der Waals surface area contributed by atoms with Crippen LogP contribution >= 0.6 is 11.6 Å². The Bertz CT molecular complexity index is 826. The Morgan fingerprint density at radius 1 is 1.17 bits per heavy atom. The van der Waals surface area contributed by atoms with Gasteiger partial charge in [0.05, 0.1) is 11.9 Å². The third kappa shape index (κ3) is 3.57. The summed E-state index contributed by atoms with van der Waals surface area (Å²) in [4.78, 5) is 8.85. The molecule has 3 aromatic rings. The van der Waals surface area contributed by atoms with Gasteiger partial charge in [0.2, 0.25) is 0 Å². The molecule has 0 saturated heterocycles. The highest BCUT2D eigenvalue weighted by molar-refractivity contribution is 6.29. The van der Waals surface area contributed by atoms with Gasteiger partial charge in [-0.2, -0.15) is 5.10 Å². The Hall–Kier alpha value is -2.40. The van der Waals surface area contributed by atoms with Crippen LogP contribution in [0.4, 0.5) is 5.82 Å². The maximum absolute atomic E-state index is 6.08. The number of anilines is 1. The first kappa shape index (κ1) is 15.1. The van der Waals surface area contributed by atoms with E-state index in [-0.39, 0.29) is 0 Å². The summed E-state index contributed by atoms with van der Waals surface area (Å²) in [5, 5.41) is 8.25. The van der Waals surface area contributed by atoms with Gasteiger partial charge in [-0.1, -0.05) is 29.8 Å². The van der Waals surface area contributed by atoms with Crippen molar-refractivity contribution in [2.24, 2.45) is 0 Å². The standard InChI is InChI=1S/C18H18ClN5/c19-16-10-17(23-18(22-16)14-6-7-14)20-9-8-13-11-21-24(12-13)15-4-2-1-3-5-15/h1-5,10-12,14H,6-9H2,(H,20,22,23). The highest BCUT2D eigenvalue weighted by atomic mass is 35.5. The lowest BCUT2D eigenvalue weighted by Crippen LogP contribution is -2.07. The number of aromatic nitrogens is 4. The molecule has 0 aliphatic heterocycles. The Morgan fingerprint density at radius 2 is 2.00 bits per heavy atom. The predicted octanol–water partition coefficient (Wildman–Crippen LogP) is 3.85. The lowest BCUT2D eigenvalue weighted by atomic mass is 10.2. The van der Waals surface area contributed by atoms with Gasteiger partial charge in [-0.25, -0.2) is 14.6 Å². The fourth-order valence-electron chi connectivity index (χ4n) is 2.60. The minimum absolute atomic E-state index is 0.494. The monoisotopic (exact) mass is 339 g/mol. The number of hydrogen-bond acceptors (Lipinski definition) is 4. The van der Waals surface area contributed by atoms with Crippen molar-refractivity contribution >= 4 is 17.4 Å². The summed E-state index contributed by atoms with van der Waals surface area (Å²) in [5.74, 6) is 2.16. The van der Waals surface area contributed by atoms with Gasteiger partial charge >= 0.3 is 0 Å². The normalized spacial score (nSPS) is 13.9. The number of nitrogens with one attached hydrogen (secondary N) is 1. The zero-order chi connectivity index (χ0) is 16.4. The van der Waals surface area contributed by atoms with Crippen LogP contribution in [0.15, 0.2) is 48.8 Å². The van der Waals surface area contributed by atoms with Crippen LogP contribution in [0.2, 0.25) is 5.15 Å². The van der Waals surface area contributed by atoms with Crippen molar-refractivity contribution in [1.29, 1.82) is 0 Å². The summed E-state index contributed by atoms with van der Waals surface area (Å²) >= 11 is 6.08. The Kier molecular flexibility index (Phi) is 4.17. The number of hydrogen-bond donors (Lipinski definition) is 1. The molecule has 0 radical (unpaired) electrons. The van der Waals surface area contributed by atoms with E-state index in [0.29, 0.717) is 11.1 Å². The molecule has 0 atom stereocenters. The molecule has 0 spiro atoms. The second-order valence-electron chi connectivity index (χ2n) is 6.01. The third-order valence-corrected chi connectivity index (χ3v) is 4.22. The molecule has 1 saturated carbocycles. The quantitative estimate of drug-likeness (QED) is 0.693. The van der Waals surface area contributed by atoms with Crippen molar-refractivity contribution in [2.45, 2.75) is 25.2 Å². The molecule has 2 heterocycles. The van der Waals surface area contributed by atoms with Gasteiger partial charge in [-0.15, -0.1) is 0 Å². The number of benzene rings is 1. The number of halogens is 1. The van der Waals surface area contributed by atoms with Gasteiger partial charge in [0, 0.05) is 24.7 Å². The largest absolute Gasteiger partial charge is 0.370 e. The van der Waals surface area contributed by atoms with Gasteiger partial charge in [0.25, 0.3) is 0 Å². The summed E-state index contributed by atoms with van der Waals surface area (Å²) in [5.41, 5.74) is 2.24. The first-order chi connectivity index (χ1) is 11.8. The Morgan fingerprint density at radius 3 is 2.79 bits per heavy atom. The molecule has 0 bridgehead atoms. The average Bonchev–Trinajstić information content (AvgIpc) is 3.34. The second kappa shape index (κ2) is 6.61. The van der Waals surface area contributed by atoms with Crippen molar-refractivity contribution in [3.05, 3.63) is 65.3 Å². The van der Waals surface area contributed by atoms with E-state index in [9.17, 15) is 0 Å². The third-order valence-electron chi connectivity index (χ3n) is 4.03. The predicted molar refractivity (Wildman–Crippen MR) is 94.8 cm³/mol. The Labute approximate surface area is 145 Å². The van der Waals surface area contributed by atoms with Crippen molar-refractivity contribution in [3.8, 4) is 5.69 Å². The van der Waals surface area contributed by atoms with Crippen molar-refractivity contribution < 1.29 is 0 Å². The van der Waals surface area contributed by atoms with E-state index in [4.69, 9.17) is 11.6 Å². The van der Waals surface area contributed by atoms with Crippen LogP contribution in [0.25, 0.3) is 5.69 Å². The molecular weight excluding hydrogens is 322 g/mol. The molecule has 0 amide bonds. The van der Waals surface area contributed by atoms with E-state index >= 15 is 0 Å². The molecule has 6 heteroatoms. The van der Waals surface area contributed by atoms with Gasteiger partial charge in [-0.05, 0) is 37.0 Å². The van der Waals surface area contributed by atoms with Crippen molar-refractivity contribution in [1.82, 2.24) is 19.7 Å². The number of rotatable bonds is 6. The number of para-hydroxylation sites is 1. The summed E-state index contributed by atoms with van der Waals surface area (Å²) in [6.45, 7) is 0.776. The fourth-order valence-corrected chi connectivity index (χ4v) is 2.79. The maximum atomic E-state index is 6.08. The summed E-state index contributed by atoms with van der Waals surface area (Å²) in [6, 6.07) is 11.9. The zero-order valence-corrected chi connectivity index (χ0v) is 13.9. The van der Waals surface area contributed by atoms with E-state index in [1.807, 2.05) is 41.2 Å². The molecule has 1 aliphatic carbocycles. The maximum Gasteiger partial charge on any atom is 0.135 e. The van der Waals surface area contributed by atoms with Gasteiger partial charge in [0.15, 0.2) is 0 Å². The highest BCUT2D eigenvalue weighted by Gasteiger charge is 2.27. The Balaban J connectivity index is 1.37. The SMILES string of the molecule is Clc1cc(NCCc2cnn(-c3ccccc3)c2)nc(C2CC2)n1. The van der Waals surface area contributed by atoms with Crippen LogP contribution < -0.4 is 5.32 Å². The van der Waals surface area contributed by atoms with Crippen LogP contribution in [0.3, 0.4) is 0 Å². The average molecular weight is 340 g/mol. The molecule has 1 aliphatic rings. The summed E-state index contributed by atoms with van der Waals surface area (Å²) in [7, 11) is 0. The first-order valence-electron chi connectivity index (χ1n) is 8.15. The smallest absolute Gasteiger partial charge is 0.135 e. The minimum Gasteiger partial charge on any atom is -0.370 e. The van der Waals surface area contributed by atoms with E-state index in [1.54, 1.807) is 6.07 Å². The van der Waals surface area contributed by atoms with Gasteiger partial charge in [0.1, 0.15) is 16.8 Å². The summed E-state index contributed by atoms with van der Waals surface area (Å²) in [6.07, 6.45) is 7.15. The molecule has 5 nitrogen and oxygen atoms in total. The minimum atomic E-state index is 0.494. The van der Waals surface area contributed by atoms with E-state index in [2.05, 4.69) is 26.6 Å². The molecule has 2 aromatic heterocycles. The molecular formula is C18H18ClN5. The highest BCUT2D eigenvalue weighted by Crippen LogP contribution is 2.38. The van der Waals surface area contributed by atoms with Crippen LogP contribution in [0.1, 0.15) is 30.1 Å². The van der Waals surface area contributed by atoms with Crippen molar-refractivity contribution in [3.63, 3.8) is 0 Å². The molecule has 1 aromatic carbocycles. The van der Waals surface area contributed by atoms with E-state index in [0.717, 1.165) is 30.3 Å². The lowest BCUT2D eigenvalue weighted by Gasteiger charge is -2.07. The van der Waals surface area contributed by atoms with Gasteiger partial charge in [-0.3, -0.25) is 0 Å². The molecule has 24 heavy (non-hydrogen) atoms. The topological polar surface area (TPSA) is 55.6 Å². The van der Waals surface area contributed by atoms with Crippen LogP contribution in [-0.2, 0) is 6.42 Å². The molecule has 0 unspecified atom stereocenters. The molecule has 4 rings (SSSR count). The molecule has 1 fully saturated rings. The van der Waals surface area contributed by atoms with Crippen LogP contribution in [0.5, 0.6) is 0 Å². The fraction of sp³-hybridized carbons (Fsp3) is 0.278. The van der Waals surface area contributed by atoms with Gasteiger partial charge < -0.3 is 5.32 Å². The zero-order valence-electron chi connectivity index (χ0n) is 13.2. The second-order valence-corrected chi connectivity index (χ2v) is 6.40. The van der Waals surface area contributed by atoms with Crippen LogP contribution in [0, 0.1) is 0 Å².